The van der Waals surface area contributed by atoms with Crippen molar-refractivity contribution in [1.82, 2.24) is 15.0 Å². The van der Waals surface area contributed by atoms with E-state index < -0.39 is 0 Å². The van der Waals surface area contributed by atoms with E-state index in [1.807, 2.05) is 12.1 Å². The highest BCUT2D eigenvalue weighted by molar-refractivity contribution is 5.94. The number of aromatic nitrogens is 2. The molecule has 1 saturated carbocycles. The molecule has 2 heterocycles. The van der Waals surface area contributed by atoms with Gasteiger partial charge in [-0.15, -0.1) is 0 Å². The minimum Gasteiger partial charge on any atom is -0.355 e. The lowest BCUT2D eigenvalue weighted by molar-refractivity contribution is 0.0627. The van der Waals surface area contributed by atoms with Gasteiger partial charge in [0.1, 0.15) is 0 Å². The zero-order chi connectivity index (χ0) is 18.2. The summed E-state index contributed by atoms with van der Waals surface area (Å²) in [5.41, 5.74) is 3.86. The van der Waals surface area contributed by atoms with Crippen molar-refractivity contribution in [1.29, 1.82) is 0 Å². The van der Waals surface area contributed by atoms with Crippen LogP contribution in [-0.4, -0.2) is 27.0 Å². The highest BCUT2D eigenvalue weighted by Crippen LogP contribution is 2.41. The van der Waals surface area contributed by atoms with Crippen LogP contribution in [0.2, 0.25) is 0 Å². The first-order valence-corrected chi connectivity index (χ1v) is 9.59. The number of aryl methyl sites for hydroxylation is 1. The molecule has 0 saturated heterocycles. The first-order valence-electron chi connectivity index (χ1n) is 9.59. The Labute approximate surface area is 158 Å². The Morgan fingerprint density at radius 2 is 2.00 bits per heavy atom. The van der Waals surface area contributed by atoms with E-state index in [2.05, 4.69) is 39.3 Å². The molecule has 0 radical (unpaired) electrons. The van der Waals surface area contributed by atoms with Crippen LogP contribution in [0.4, 0.5) is 0 Å². The van der Waals surface area contributed by atoms with Crippen LogP contribution in [0.3, 0.4) is 0 Å². The number of hydrogen-bond acceptors (Lipinski definition) is 4. The highest BCUT2D eigenvalue weighted by Gasteiger charge is 2.40. The van der Waals surface area contributed by atoms with Gasteiger partial charge in [0.2, 0.25) is 0 Å². The van der Waals surface area contributed by atoms with E-state index >= 15 is 0 Å². The number of fused-ring (bicyclic) bond motifs is 1. The quantitative estimate of drug-likeness (QED) is 0.692. The summed E-state index contributed by atoms with van der Waals surface area (Å²) < 4.78 is 5.44. The smallest absolute Gasteiger partial charge is 0.276 e. The number of nitrogens with zero attached hydrogens (tertiary/aromatic N) is 3. The Balaban J connectivity index is 1.47. The molecule has 2 aliphatic carbocycles. The molecule has 0 bridgehead atoms. The van der Waals surface area contributed by atoms with Crippen molar-refractivity contribution in [3.8, 4) is 11.3 Å². The third kappa shape index (κ3) is 3.03. The van der Waals surface area contributed by atoms with Crippen LogP contribution in [0, 0.1) is 0 Å². The number of hydrogen-bond donors (Lipinski definition) is 0. The summed E-state index contributed by atoms with van der Waals surface area (Å²) in [5.74, 6) is 0.546. The number of amides is 1. The van der Waals surface area contributed by atoms with E-state index in [1.54, 1.807) is 18.5 Å². The third-order valence-electron chi connectivity index (χ3n) is 5.52. The SMILES string of the molecule is O=C(c1cc(-c2cccnc2)on1)N(C1CC1)C1CCCc2ccccc21. The van der Waals surface area contributed by atoms with Gasteiger partial charge in [0, 0.05) is 30.1 Å². The molecule has 1 amide bonds. The van der Waals surface area contributed by atoms with Crippen molar-refractivity contribution in [2.75, 3.05) is 0 Å². The van der Waals surface area contributed by atoms with Crippen molar-refractivity contribution < 1.29 is 9.32 Å². The molecule has 5 nitrogen and oxygen atoms in total. The number of pyridine rings is 1. The lowest BCUT2D eigenvalue weighted by atomic mass is 9.86. The van der Waals surface area contributed by atoms with Gasteiger partial charge in [-0.2, -0.15) is 0 Å². The predicted octanol–water partition coefficient (Wildman–Crippen LogP) is 4.42. The minimum atomic E-state index is -0.0295. The normalized spacial score (nSPS) is 18.7. The Morgan fingerprint density at radius 3 is 2.81 bits per heavy atom. The third-order valence-corrected chi connectivity index (χ3v) is 5.52. The largest absolute Gasteiger partial charge is 0.355 e. The van der Waals surface area contributed by atoms with Crippen molar-refractivity contribution in [3.63, 3.8) is 0 Å². The summed E-state index contributed by atoms with van der Waals surface area (Å²) in [6.45, 7) is 0. The fourth-order valence-corrected chi connectivity index (χ4v) is 4.08. The van der Waals surface area contributed by atoms with Gasteiger partial charge in [0.15, 0.2) is 11.5 Å². The second-order valence-corrected chi connectivity index (χ2v) is 7.37. The maximum Gasteiger partial charge on any atom is 0.276 e. The van der Waals surface area contributed by atoms with E-state index in [0.717, 1.165) is 37.7 Å². The number of carbonyl (C=O) groups excluding carboxylic acids is 1. The zero-order valence-electron chi connectivity index (χ0n) is 15.0. The molecule has 0 N–H and O–H groups in total. The molecule has 3 aromatic rings. The molecule has 5 rings (SSSR count). The van der Waals surface area contributed by atoms with Crippen molar-refractivity contribution in [3.05, 3.63) is 71.7 Å². The van der Waals surface area contributed by atoms with Gasteiger partial charge in [-0.3, -0.25) is 9.78 Å². The average Bonchev–Trinajstić information content (AvgIpc) is 3.43. The van der Waals surface area contributed by atoms with Crippen molar-refractivity contribution in [2.45, 2.75) is 44.2 Å². The molecule has 27 heavy (non-hydrogen) atoms. The van der Waals surface area contributed by atoms with Crippen LogP contribution in [0.1, 0.15) is 53.3 Å². The molecule has 0 aliphatic heterocycles. The summed E-state index contributed by atoms with van der Waals surface area (Å²) in [6, 6.07) is 14.4. The molecular formula is C22H21N3O2. The molecule has 0 spiro atoms. The van der Waals surface area contributed by atoms with Gasteiger partial charge < -0.3 is 9.42 Å². The van der Waals surface area contributed by atoms with Gasteiger partial charge in [-0.25, -0.2) is 0 Å². The minimum absolute atomic E-state index is 0.0295. The molecule has 2 aliphatic rings. The van der Waals surface area contributed by atoms with Crippen LogP contribution in [-0.2, 0) is 6.42 Å². The molecular weight excluding hydrogens is 338 g/mol. The Morgan fingerprint density at radius 1 is 1.11 bits per heavy atom. The fourth-order valence-electron chi connectivity index (χ4n) is 4.08. The van der Waals surface area contributed by atoms with E-state index in [9.17, 15) is 4.79 Å². The summed E-state index contributed by atoms with van der Waals surface area (Å²) in [7, 11) is 0. The van der Waals surface area contributed by atoms with Crippen LogP contribution >= 0.6 is 0 Å². The summed E-state index contributed by atoms with van der Waals surface area (Å²) in [4.78, 5) is 19.5. The first kappa shape index (κ1) is 16.2. The second kappa shape index (κ2) is 6.65. The van der Waals surface area contributed by atoms with Gasteiger partial charge >= 0.3 is 0 Å². The van der Waals surface area contributed by atoms with Crippen LogP contribution in [0.5, 0.6) is 0 Å². The highest BCUT2D eigenvalue weighted by atomic mass is 16.5. The number of rotatable bonds is 4. The van der Waals surface area contributed by atoms with Crippen LogP contribution in [0.15, 0.2) is 59.4 Å². The molecule has 136 valence electrons. The molecule has 1 unspecified atom stereocenters. The van der Waals surface area contributed by atoms with Gasteiger partial charge in [0.25, 0.3) is 5.91 Å². The first-order chi connectivity index (χ1) is 13.3. The lowest BCUT2D eigenvalue weighted by Gasteiger charge is -2.35. The number of carbonyl (C=O) groups is 1. The van der Waals surface area contributed by atoms with E-state index in [4.69, 9.17) is 4.52 Å². The van der Waals surface area contributed by atoms with Gasteiger partial charge in [-0.05, 0) is 55.4 Å². The molecule has 1 fully saturated rings. The summed E-state index contributed by atoms with van der Waals surface area (Å²) >= 11 is 0. The summed E-state index contributed by atoms with van der Waals surface area (Å²) in [6.07, 6.45) is 8.76. The van der Waals surface area contributed by atoms with E-state index in [-0.39, 0.29) is 11.9 Å². The predicted molar refractivity (Wildman–Crippen MR) is 101 cm³/mol. The van der Waals surface area contributed by atoms with E-state index in [1.165, 1.54) is 11.1 Å². The lowest BCUT2D eigenvalue weighted by Crippen LogP contribution is -2.38. The standard InChI is InChI=1S/C22H21N3O2/c26-22(19-13-21(27-24-19)16-7-4-12-23-14-16)25(17-10-11-17)20-9-3-6-15-5-1-2-8-18(15)20/h1-2,4-5,7-8,12-14,17,20H,3,6,9-11H2. The zero-order valence-corrected chi connectivity index (χ0v) is 15.0. The molecule has 1 atom stereocenters. The fraction of sp³-hybridized carbons (Fsp3) is 0.318. The summed E-state index contributed by atoms with van der Waals surface area (Å²) in [5, 5.41) is 4.08. The maximum atomic E-state index is 13.4. The Bertz CT molecular complexity index is 962. The molecule has 5 heteroatoms. The topological polar surface area (TPSA) is 59.2 Å². The molecule has 1 aromatic carbocycles. The number of benzene rings is 1. The monoisotopic (exact) mass is 359 g/mol. The molecule has 2 aromatic heterocycles. The average molecular weight is 359 g/mol. The van der Waals surface area contributed by atoms with Crippen molar-refractivity contribution in [2.24, 2.45) is 0 Å². The maximum absolute atomic E-state index is 13.4. The van der Waals surface area contributed by atoms with Crippen molar-refractivity contribution >= 4 is 5.91 Å². The second-order valence-electron chi connectivity index (χ2n) is 7.37. The Kier molecular flexibility index (Phi) is 4.00. The van der Waals surface area contributed by atoms with Gasteiger partial charge in [0.05, 0.1) is 6.04 Å². The van der Waals surface area contributed by atoms with Crippen LogP contribution < -0.4 is 0 Å². The van der Waals surface area contributed by atoms with E-state index in [0.29, 0.717) is 17.5 Å². The van der Waals surface area contributed by atoms with Crippen LogP contribution in [0.25, 0.3) is 11.3 Å². The van der Waals surface area contributed by atoms with Gasteiger partial charge in [-0.1, -0.05) is 29.4 Å². The Hall–Kier alpha value is -2.95.